The standard InChI is InChI=1S/C18H20N2O3S/c1-22-14-4-8-16(9-5-14)24-15-6-2-13(3-7-15)20-18(21)17-12-19-10-11-23-17/h2-9,17,19H,10-12H2,1H3,(H,20,21). The number of hydrogen-bond donors (Lipinski definition) is 2. The molecule has 1 heterocycles. The normalized spacial score (nSPS) is 17.3. The van der Waals surface area contributed by atoms with Gasteiger partial charge in [0.15, 0.2) is 0 Å². The Morgan fingerprint density at radius 1 is 1.17 bits per heavy atom. The Labute approximate surface area is 145 Å². The molecule has 0 aromatic heterocycles. The molecule has 0 spiro atoms. The van der Waals surface area contributed by atoms with Crippen LogP contribution >= 0.6 is 11.8 Å². The number of nitrogens with one attached hydrogen (secondary N) is 2. The van der Waals surface area contributed by atoms with Crippen molar-refractivity contribution in [2.75, 3.05) is 32.1 Å². The number of benzene rings is 2. The average Bonchev–Trinajstić information content (AvgIpc) is 2.65. The van der Waals surface area contributed by atoms with Crippen LogP contribution in [0.15, 0.2) is 58.3 Å². The Morgan fingerprint density at radius 2 is 1.83 bits per heavy atom. The summed E-state index contributed by atoms with van der Waals surface area (Å²) in [6.45, 7) is 1.91. The molecule has 5 nitrogen and oxygen atoms in total. The lowest BCUT2D eigenvalue weighted by Gasteiger charge is -2.22. The van der Waals surface area contributed by atoms with Gasteiger partial charge in [0.2, 0.25) is 0 Å². The van der Waals surface area contributed by atoms with Gasteiger partial charge < -0.3 is 20.1 Å². The molecule has 1 atom stereocenters. The molecular weight excluding hydrogens is 324 g/mol. The van der Waals surface area contributed by atoms with E-state index in [-0.39, 0.29) is 5.91 Å². The van der Waals surface area contributed by atoms with Crippen molar-refractivity contribution >= 4 is 23.4 Å². The average molecular weight is 344 g/mol. The van der Waals surface area contributed by atoms with E-state index in [0.29, 0.717) is 13.2 Å². The van der Waals surface area contributed by atoms with Gasteiger partial charge in [0.25, 0.3) is 5.91 Å². The van der Waals surface area contributed by atoms with E-state index in [4.69, 9.17) is 9.47 Å². The maximum absolute atomic E-state index is 12.1. The Hall–Kier alpha value is -2.02. The summed E-state index contributed by atoms with van der Waals surface area (Å²) in [4.78, 5) is 14.3. The highest BCUT2D eigenvalue weighted by molar-refractivity contribution is 7.99. The van der Waals surface area contributed by atoms with Crippen molar-refractivity contribution in [3.8, 4) is 5.75 Å². The molecule has 0 radical (unpaired) electrons. The highest BCUT2D eigenvalue weighted by atomic mass is 32.2. The third-order valence-electron chi connectivity index (χ3n) is 3.64. The zero-order valence-corrected chi connectivity index (χ0v) is 14.3. The monoisotopic (exact) mass is 344 g/mol. The number of rotatable bonds is 5. The van der Waals surface area contributed by atoms with Crippen LogP contribution in [0.25, 0.3) is 0 Å². The van der Waals surface area contributed by atoms with Crippen molar-refractivity contribution < 1.29 is 14.3 Å². The van der Waals surface area contributed by atoms with Gasteiger partial charge in [-0.05, 0) is 48.5 Å². The van der Waals surface area contributed by atoms with Gasteiger partial charge in [0, 0.05) is 28.6 Å². The first-order valence-corrected chi connectivity index (χ1v) is 8.61. The fourth-order valence-corrected chi connectivity index (χ4v) is 3.16. The largest absolute Gasteiger partial charge is 0.497 e. The molecule has 1 aliphatic heterocycles. The minimum atomic E-state index is -0.424. The number of morpholine rings is 1. The van der Waals surface area contributed by atoms with Crippen LogP contribution in [0.4, 0.5) is 5.69 Å². The SMILES string of the molecule is COc1ccc(Sc2ccc(NC(=O)C3CNCCO3)cc2)cc1. The molecule has 0 bridgehead atoms. The molecular formula is C18H20N2O3S. The topological polar surface area (TPSA) is 59.6 Å². The minimum absolute atomic E-state index is 0.113. The molecule has 1 unspecified atom stereocenters. The Bertz CT molecular complexity index is 668. The fourth-order valence-electron chi connectivity index (χ4n) is 2.34. The number of anilines is 1. The van der Waals surface area contributed by atoms with Gasteiger partial charge in [0.05, 0.1) is 13.7 Å². The van der Waals surface area contributed by atoms with Gasteiger partial charge in [-0.2, -0.15) is 0 Å². The van der Waals surface area contributed by atoms with Crippen LogP contribution in [0.5, 0.6) is 5.75 Å². The van der Waals surface area contributed by atoms with Crippen molar-refractivity contribution in [3.05, 3.63) is 48.5 Å². The van der Waals surface area contributed by atoms with Gasteiger partial charge in [-0.15, -0.1) is 0 Å². The number of amides is 1. The van der Waals surface area contributed by atoms with Crippen LogP contribution in [-0.4, -0.2) is 38.8 Å². The van der Waals surface area contributed by atoms with E-state index in [1.54, 1.807) is 18.9 Å². The summed E-state index contributed by atoms with van der Waals surface area (Å²) >= 11 is 1.66. The van der Waals surface area contributed by atoms with E-state index >= 15 is 0 Å². The summed E-state index contributed by atoms with van der Waals surface area (Å²) in [6.07, 6.45) is -0.424. The van der Waals surface area contributed by atoms with E-state index in [1.165, 1.54) is 0 Å². The predicted molar refractivity (Wildman–Crippen MR) is 94.8 cm³/mol. The summed E-state index contributed by atoms with van der Waals surface area (Å²) in [5, 5.41) is 6.04. The maximum Gasteiger partial charge on any atom is 0.254 e. The molecule has 2 aromatic carbocycles. The molecule has 6 heteroatoms. The number of ether oxygens (including phenoxy) is 2. The van der Waals surface area contributed by atoms with E-state index in [2.05, 4.69) is 10.6 Å². The first kappa shape index (κ1) is 16.8. The molecule has 2 N–H and O–H groups in total. The highest BCUT2D eigenvalue weighted by Gasteiger charge is 2.21. The minimum Gasteiger partial charge on any atom is -0.497 e. The molecule has 0 aliphatic carbocycles. The smallest absolute Gasteiger partial charge is 0.254 e. The van der Waals surface area contributed by atoms with E-state index in [0.717, 1.165) is 27.8 Å². The third kappa shape index (κ3) is 4.50. The molecule has 1 amide bonds. The lowest BCUT2D eigenvalue weighted by molar-refractivity contribution is -0.128. The van der Waals surface area contributed by atoms with Crippen LogP contribution < -0.4 is 15.4 Å². The van der Waals surface area contributed by atoms with Gasteiger partial charge in [-0.1, -0.05) is 11.8 Å². The second kappa shape index (κ2) is 8.19. The maximum atomic E-state index is 12.1. The van der Waals surface area contributed by atoms with Crippen molar-refractivity contribution in [2.45, 2.75) is 15.9 Å². The first-order chi connectivity index (χ1) is 11.7. The third-order valence-corrected chi connectivity index (χ3v) is 4.65. The summed E-state index contributed by atoms with van der Waals surface area (Å²) in [5.41, 5.74) is 0.772. The molecule has 3 rings (SSSR count). The van der Waals surface area contributed by atoms with Crippen molar-refractivity contribution in [1.29, 1.82) is 0 Å². The van der Waals surface area contributed by atoms with Crippen LogP contribution in [0.2, 0.25) is 0 Å². The van der Waals surface area contributed by atoms with Crippen LogP contribution in [0.1, 0.15) is 0 Å². The second-order valence-electron chi connectivity index (χ2n) is 5.35. The van der Waals surface area contributed by atoms with E-state index in [9.17, 15) is 4.79 Å². The van der Waals surface area contributed by atoms with Crippen LogP contribution in [0.3, 0.4) is 0 Å². The fraction of sp³-hybridized carbons (Fsp3) is 0.278. The molecule has 1 fully saturated rings. The highest BCUT2D eigenvalue weighted by Crippen LogP contribution is 2.29. The Kier molecular flexibility index (Phi) is 5.74. The van der Waals surface area contributed by atoms with E-state index in [1.807, 2.05) is 48.5 Å². The zero-order valence-electron chi connectivity index (χ0n) is 13.5. The quantitative estimate of drug-likeness (QED) is 0.873. The van der Waals surface area contributed by atoms with Gasteiger partial charge in [-0.3, -0.25) is 4.79 Å². The zero-order chi connectivity index (χ0) is 16.8. The van der Waals surface area contributed by atoms with Gasteiger partial charge >= 0.3 is 0 Å². The summed E-state index contributed by atoms with van der Waals surface area (Å²) in [7, 11) is 1.66. The number of hydrogen-bond acceptors (Lipinski definition) is 5. The number of carbonyl (C=O) groups excluding carboxylic acids is 1. The van der Waals surface area contributed by atoms with Crippen molar-refractivity contribution in [3.63, 3.8) is 0 Å². The van der Waals surface area contributed by atoms with Crippen LogP contribution in [0, 0.1) is 0 Å². The Morgan fingerprint density at radius 3 is 2.42 bits per heavy atom. The second-order valence-corrected chi connectivity index (χ2v) is 6.50. The predicted octanol–water partition coefficient (Wildman–Crippen LogP) is 2.77. The van der Waals surface area contributed by atoms with Crippen molar-refractivity contribution in [2.24, 2.45) is 0 Å². The first-order valence-electron chi connectivity index (χ1n) is 7.80. The molecule has 24 heavy (non-hydrogen) atoms. The molecule has 1 saturated heterocycles. The van der Waals surface area contributed by atoms with Crippen LogP contribution in [-0.2, 0) is 9.53 Å². The van der Waals surface area contributed by atoms with Gasteiger partial charge in [0.1, 0.15) is 11.9 Å². The lowest BCUT2D eigenvalue weighted by atomic mass is 10.2. The molecule has 0 saturated carbocycles. The van der Waals surface area contributed by atoms with Crippen molar-refractivity contribution in [1.82, 2.24) is 5.32 Å². The summed E-state index contributed by atoms with van der Waals surface area (Å²) in [5.74, 6) is 0.731. The van der Waals surface area contributed by atoms with Gasteiger partial charge in [-0.25, -0.2) is 0 Å². The molecule has 2 aromatic rings. The summed E-state index contributed by atoms with van der Waals surface area (Å²) in [6, 6.07) is 15.7. The molecule has 126 valence electrons. The van der Waals surface area contributed by atoms with E-state index < -0.39 is 6.10 Å². The molecule has 1 aliphatic rings. The Balaban J connectivity index is 1.57. The lowest BCUT2D eigenvalue weighted by Crippen LogP contribution is -2.45. The number of methoxy groups -OCH3 is 1. The number of carbonyl (C=O) groups is 1. The summed E-state index contributed by atoms with van der Waals surface area (Å²) < 4.78 is 10.6.